The van der Waals surface area contributed by atoms with E-state index in [0.717, 1.165) is 0 Å². The minimum atomic E-state index is -0.575. The van der Waals surface area contributed by atoms with Crippen LogP contribution in [-0.4, -0.2) is 29.3 Å². The summed E-state index contributed by atoms with van der Waals surface area (Å²) in [4.78, 5) is 12.6. The van der Waals surface area contributed by atoms with Crippen molar-refractivity contribution in [3.8, 4) is 11.9 Å². The van der Waals surface area contributed by atoms with E-state index in [0.29, 0.717) is 22.7 Å². The van der Waals surface area contributed by atoms with Crippen molar-refractivity contribution in [2.75, 3.05) is 11.1 Å². The summed E-state index contributed by atoms with van der Waals surface area (Å²) in [6.45, 7) is 3.87. The lowest BCUT2D eigenvalue weighted by molar-refractivity contribution is 0.629. The fourth-order valence-electron chi connectivity index (χ4n) is 3.03. The summed E-state index contributed by atoms with van der Waals surface area (Å²) in [6, 6.07) is 7.54. The van der Waals surface area contributed by atoms with Gasteiger partial charge in [-0.3, -0.25) is 9.25 Å². The minimum Gasteiger partial charge on any atom is -0.382 e. The first kappa shape index (κ1) is 18.1. The van der Waals surface area contributed by atoms with Gasteiger partial charge in [-0.2, -0.15) is 10.4 Å². The molecule has 3 N–H and O–H groups in total. The van der Waals surface area contributed by atoms with Gasteiger partial charge in [0, 0.05) is 25.4 Å². The maximum Gasteiger partial charge on any atom is 0.160 e. The number of nitriles is 1. The summed E-state index contributed by atoms with van der Waals surface area (Å²) in [5.74, 6) is 0.982. The summed E-state index contributed by atoms with van der Waals surface area (Å²) in [7, 11) is 1.79. The van der Waals surface area contributed by atoms with Gasteiger partial charge >= 0.3 is 0 Å². The Morgan fingerprint density at radius 1 is 1.34 bits per heavy atom. The largest absolute Gasteiger partial charge is 0.382 e. The van der Waals surface area contributed by atoms with Gasteiger partial charge in [-0.25, -0.2) is 19.3 Å². The Morgan fingerprint density at radius 2 is 2.17 bits per heavy atom. The average molecular weight is 389 g/mol. The van der Waals surface area contributed by atoms with E-state index in [2.05, 4.69) is 31.9 Å². The van der Waals surface area contributed by atoms with Crippen LogP contribution in [0.1, 0.15) is 17.4 Å². The molecule has 3 aromatic heterocycles. The number of aromatic nitrogens is 6. The number of hydrogen-bond donors (Lipinski definition) is 2. The van der Waals surface area contributed by atoms with Gasteiger partial charge < -0.3 is 11.1 Å². The number of imidazole rings is 1. The molecule has 4 aromatic rings. The topological polar surface area (TPSA) is 123 Å². The maximum absolute atomic E-state index is 14.0. The van der Waals surface area contributed by atoms with Crippen LogP contribution < -0.4 is 11.1 Å². The quantitative estimate of drug-likeness (QED) is 0.503. The highest BCUT2D eigenvalue weighted by Gasteiger charge is 2.22. The second-order valence-corrected chi connectivity index (χ2v) is 6.24. The molecule has 10 heteroatoms. The highest BCUT2D eigenvalue weighted by atomic mass is 19.1. The highest BCUT2D eigenvalue weighted by Crippen LogP contribution is 2.29. The Morgan fingerprint density at radius 3 is 2.86 bits per heavy atom. The zero-order valence-electron chi connectivity index (χ0n) is 15.4. The third-order valence-electron chi connectivity index (χ3n) is 4.37. The summed E-state index contributed by atoms with van der Waals surface area (Å²) < 4.78 is 17.3. The van der Waals surface area contributed by atoms with Crippen LogP contribution in [0.3, 0.4) is 0 Å². The van der Waals surface area contributed by atoms with Crippen molar-refractivity contribution in [1.29, 1.82) is 5.26 Å². The summed E-state index contributed by atoms with van der Waals surface area (Å²) in [5.41, 5.74) is 7.03. The molecule has 0 aliphatic rings. The number of nitrogens with zero attached hydrogens (tertiary/aromatic N) is 7. The van der Waals surface area contributed by atoms with Crippen molar-refractivity contribution >= 4 is 22.7 Å². The molecular weight excluding hydrogens is 373 g/mol. The molecule has 144 valence electrons. The van der Waals surface area contributed by atoms with Crippen LogP contribution >= 0.6 is 0 Å². The van der Waals surface area contributed by atoms with Gasteiger partial charge in [0.15, 0.2) is 5.82 Å². The molecule has 29 heavy (non-hydrogen) atoms. The van der Waals surface area contributed by atoms with Gasteiger partial charge in [-0.1, -0.05) is 6.08 Å². The minimum absolute atomic E-state index is 0.0631. The molecule has 9 nitrogen and oxygen atoms in total. The Bertz CT molecular complexity index is 1260. The van der Waals surface area contributed by atoms with E-state index in [1.54, 1.807) is 40.7 Å². The predicted octanol–water partition coefficient (Wildman–Crippen LogP) is 2.48. The monoisotopic (exact) mass is 389 g/mol. The Balaban J connectivity index is 1.89. The lowest BCUT2D eigenvalue weighted by Gasteiger charge is -2.17. The van der Waals surface area contributed by atoms with Crippen LogP contribution in [-0.2, 0) is 7.05 Å². The van der Waals surface area contributed by atoms with Gasteiger partial charge in [-0.05, 0) is 12.1 Å². The second-order valence-electron chi connectivity index (χ2n) is 6.24. The number of hydrogen-bond acceptors (Lipinski definition) is 7. The van der Waals surface area contributed by atoms with Crippen LogP contribution in [0.25, 0.3) is 16.9 Å². The molecule has 3 heterocycles. The van der Waals surface area contributed by atoms with Crippen molar-refractivity contribution in [2.24, 2.45) is 7.05 Å². The van der Waals surface area contributed by atoms with Gasteiger partial charge in [0.25, 0.3) is 0 Å². The number of anilines is 2. The summed E-state index contributed by atoms with van der Waals surface area (Å²) in [6.07, 6.45) is 4.64. The molecule has 0 saturated heterocycles. The molecule has 0 fully saturated rings. The van der Waals surface area contributed by atoms with E-state index in [-0.39, 0.29) is 23.0 Å². The van der Waals surface area contributed by atoms with Crippen molar-refractivity contribution in [2.45, 2.75) is 6.04 Å². The molecule has 0 aliphatic carbocycles. The zero-order chi connectivity index (χ0) is 20.5. The molecule has 0 bridgehead atoms. The maximum atomic E-state index is 14.0. The van der Waals surface area contributed by atoms with Crippen LogP contribution in [0.4, 0.5) is 16.0 Å². The standard InChI is InChI=1S/C19H16FN9/c1-3-13(25-18-12(9-21)17(22)23-10-24-18)19-26-14-5-4-11(20)8-15(14)29(19)16-6-7-28(2)27-16/h3-8,10,13H,1H2,2H3,(H3,22,23,24,25). The van der Waals surface area contributed by atoms with E-state index < -0.39 is 6.04 Å². The molecule has 0 spiro atoms. The van der Waals surface area contributed by atoms with E-state index >= 15 is 0 Å². The molecule has 1 atom stereocenters. The molecular formula is C19H16FN9. The molecule has 0 radical (unpaired) electrons. The number of halogens is 1. The highest BCUT2D eigenvalue weighted by molar-refractivity contribution is 5.78. The zero-order valence-corrected chi connectivity index (χ0v) is 15.4. The van der Waals surface area contributed by atoms with Crippen molar-refractivity contribution in [1.82, 2.24) is 29.3 Å². The van der Waals surface area contributed by atoms with Gasteiger partial charge in [0.05, 0.1) is 11.0 Å². The first-order valence-corrected chi connectivity index (χ1v) is 8.59. The third-order valence-corrected chi connectivity index (χ3v) is 4.37. The SMILES string of the molecule is C=CC(Nc1ncnc(N)c1C#N)c1nc2ccc(F)cc2n1-c1ccn(C)n1. The van der Waals surface area contributed by atoms with E-state index in [9.17, 15) is 9.65 Å². The van der Waals surface area contributed by atoms with Crippen LogP contribution in [0.2, 0.25) is 0 Å². The third kappa shape index (κ3) is 3.14. The fraction of sp³-hybridized carbons (Fsp3) is 0.105. The molecule has 0 saturated carbocycles. The number of nitrogen functional groups attached to an aromatic ring is 1. The number of fused-ring (bicyclic) bond motifs is 1. The molecule has 0 aliphatic heterocycles. The van der Waals surface area contributed by atoms with Gasteiger partial charge in [-0.15, -0.1) is 6.58 Å². The Labute approximate surface area is 164 Å². The Kier molecular flexibility index (Phi) is 4.40. The fourth-order valence-corrected chi connectivity index (χ4v) is 3.03. The van der Waals surface area contributed by atoms with E-state index in [1.165, 1.54) is 18.5 Å². The number of rotatable bonds is 5. The lowest BCUT2D eigenvalue weighted by atomic mass is 10.2. The summed E-state index contributed by atoms with van der Waals surface area (Å²) >= 11 is 0. The van der Waals surface area contributed by atoms with Gasteiger partial charge in [0.2, 0.25) is 0 Å². The number of aryl methyl sites for hydroxylation is 1. The van der Waals surface area contributed by atoms with Crippen molar-refractivity contribution in [3.05, 3.63) is 66.6 Å². The number of nitrogens with two attached hydrogens (primary N) is 1. The molecule has 4 rings (SSSR count). The van der Waals surface area contributed by atoms with Crippen molar-refractivity contribution in [3.63, 3.8) is 0 Å². The Hall–Kier alpha value is -4.26. The molecule has 1 aromatic carbocycles. The lowest BCUT2D eigenvalue weighted by Crippen LogP contribution is -2.16. The average Bonchev–Trinajstić information content (AvgIpc) is 3.29. The second kappa shape index (κ2) is 7.05. The summed E-state index contributed by atoms with van der Waals surface area (Å²) in [5, 5.41) is 16.9. The van der Waals surface area contributed by atoms with Crippen molar-refractivity contribution < 1.29 is 4.39 Å². The predicted molar refractivity (Wildman–Crippen MR) is 106 cm³/mol. The normalized spacial score (nSPS) is 11.9. The van der Waals surface area contributed by atoms with Gasteiger partial charge in [0.1, 0.15) is 47.3 Å². The molecule has 0 amide bonds. The van der Waals surface area contributed by atoms with Crippen LogP contribution in [0.5, 0.6) is 0 Å². The molecule has 1 unspecified atom stereocenters. The number of benzene rings is 1. The van der Waals surface area contributed by atoms with Crippen LogP contribution in [0.15, 0.2) is 49.4 Å². The van der Waals surface area contributed by atoms with Crippen LogP contribution in [0, 0.1) is 17.1 Å². The first-order valence-electron chi connectivity index (χ1n) is 8.59. The van der Waals surface area contributed by atoms with E-state index in [4.69, 9.17) is 5.73 Å². The van der Waals surface area contributed by atoms with E-state index in [1.807, 2.05) is 6.07 Å². The first-order chi connectivity index (χ1) is 14.0. The smallest absolute Gasteiger partial charge is 0.160 e. The number of nitrogens with one attached hydrogen (secondary N) is 1.